The van der Waals surface area contributed by atoms with E-state index in [1.807, 2.05) is 66.7 Å². The van der Waals surface area contributed by atoms with E-state index in [4.69, 9.17) is 7.16 Å². The number of nitrogens with zero attached hydrogens (tertiary/aromatic N) is 4. The van der Waals surface area contributed by atoms with Gasteiger partial charge in [0.15, 0.2) is 0 Å². The van der Waals surface area contributed by atoms with Crippen LogP contribution in [0, 0.1) is 11.3 Å². The number of nitriles is 1. The molecule has 0 fully saturated rings. The predicted molar refractivity (Wildman–Crippen MR) is 248 cm³/mol. The van der Waals surface area contributed by atoms with Crippen molar-refractivity contribution in [2.24, 2.45) is 0 Å². The summed E-state index contributed by atoms with van der Waals surface area (Å²) in [6.45, 7) is 6.79. The molecule has 0 saturated heterocycles. The fraction of sp³-hybridized carbons (Fsp3) is 0.179. The van der Waals surface area contributed by atoms with E-state index in [1.165, 1.54) is 42.9 Å². The monoisotopic (exact) mass is 802 g/mol. The minimum atomic E-state index is -2.82. The van der Waals surface area contributed by atoms with E-state index < -0.39 is 36.3 Å². The van der Waals surface area contributed by atoms with Crippen molar-refractivity contribution in [1.29, 1.82) is 5.26 Å². The largest absolute Gasteiger partial charge is 0.455 e. The van der Waals surface area contributed by atoms with Crippen molar-refractivity contribution in [2.75, 3.05) is 0 Å². The van der Waals surface area contributed by atoms with Gasteiger partial charge in [0.05, 0.1) is 31.5 Å². The molecule has 5 heteroatoms. The Morgan fingerprint density at radius 3 is 1.66 bits per heavy atom. The average Bonchev–Trinajstić information content (AvgIpc) is 3.75. The van der Waals surface area contributed by atoms with E-state index in [1.54, 1.807) is 82.3 Å². The fourth-order valence-electron chi connectivity index (χ4n) is 7.48. The van der Waals surface area contributed by atoms with E-state index in [-0.39, 0.29) is 45.5 Å². The number of benzene rings is 5. The van der Waals surface area contributed by atoms with Crippen molar-refractivity contribution in [1.82, 2.24) is 15.0 Å². The summed E-state index contributed by atoms with van der Waals surface area (Å²) in [7, 11) is 0. The zero-order chi connectivity index (χ0) is 50.9. The smallest absolute Gasteiger partial charge is 0.144 e. The first-order valence-corrected chi connectivity index (χ1v) is 20.1. The summed E-state index contributed by atoms with van der Waals surface area (Å²) < 4.78 is 100. The third kappa shape index (κ3) is 8.49. The molecule has 0 N–H and O–H groups in total. The molecule has 0 aliphatic carbocycles. The lowest BCUT2D eigenvalue weighted by Gasteiger charge is -2.31. The van der Waals surface area contributed by atoms with Gasteiger partial charge in [0, 0.05) is 57.0 Å². The molecule has 298 valence electrons. The summed E-state index contributed by atoms with van der Waals surface area (Å²) in [5, 5.41) is 10.7. The molecule has 0 bridgehead atoms. The van der Waals surface area contributed by atoms with E-state index in [0.29, 0.717) is 50.1 Å². The van der Waals surface area contributed by atoms with Crippen molar-refractivity contribution in [3.8, 4) is 39.8 Å². The Kier molecular flexibility index (Phi) is 7.87. The molecule has 0 amide bonds. The van der Waals surface area contributed by atoms with Crippen LogP contribution in [-0.4, -0.2) is 15.0 Å². The van der Waals surface area contributed by atoms with Gasteiger partial charge in [-0.25, -0.2) is 0 Å². The first kappa shape index (κ1) is 29.1. The fourth-order valence-corrected chi connectivity index (χ4v) is 7.48. The maximum absolute atomic E-state index is 9.70. The van der Waals surface area contributed by atoms with Crippen LogP contribution in [0.25, 0.3) is 55.7 Å². The Bertz CT molecular complexity index is 3370. The minimum Gasteiger partial charge on any atom is -0.455 e. The Labute approximate surface area is 372 Å². The van der Waals surface area contributed by atoms with E-state index >= 15 is 0 Å². The lowest BCUT2D eigenvalue weighted by atomic mass is 9.73. The number of pyridine rings is 3. The van der Waals surface area contributed by atoms with Crippen molar-refractivity contribution >= 4 is 21.9 Å². The van der Waals surface area contributed by atoms with Crippen LogP contribution in [0.1, 0.15) is 80.3 Å². The maximum atomic E-state index is 9.70. The third-order valence-corrected chi connectivity index (χ3v) is 10.8. The first-order valence-electron chi connectivity index (χ1n) is 25.1. The van der Waals surface area contributed by atoms with Gasteiger partial charge in [-0.3, -0.25) is 15.0 Å². The SMILES string of the molecule is [2H]c1cc2c(oc3c(-c4ccc(C([2H])([2H])C([2H])([2H])c5cc(C(C)(C)C([2H])([2H])c6ccc(-c7ccccc7)nc6)cc(C(C)(C)C([2H])([2H])c6ccc(-c7ccccc7)nc6)c5)cn4)cccc32)c([2H])c1C#N. The molecule has 0 spiro atoms. The minimum absolute atomic E-state index is 0.0979. The van der Waals surface area contributed by atoms with Gasteiger partial charge >= 0.3 is 0 Å². The van der Waals surface area contributed by atoms with Crippen LogP contribution in [0.15, 0.2) is 175 Å². The molecular weight excluding hydrogens is 745 g/mol. The third-order valence-electron chi connectivity index (χ3n) is 10.8. The number of aromatic nitrogens is 3. The van der Waals surface area contributed by atoms with Crippen LogP contribution in [-0.2, 0) is 36.3 Å². The highest BCUT2D eigenvalue weighted by atomic mass is 16.3. The lowest BCUT2D eigenvalue weighted by Crippen LogP contribution is -2.25. The average molecular weight is 803 g/mol. The van der Waals surface area contributed by atoms with Gasteiger partial charge in [-0.15, -0.1) is 0 Å². The van der Waals surface area contributed by atoms with Gasteiger partial charge in [-0.2, -0.15) is 5.26 Å². The number of hydrogen-bond acceptors (Lipinski definition) is 5. The number of furan rings is 1. The highest BCUT2D eigenvalue weighted by Gasteiger charge is 2.28. The molecule has 0 unspecified atom stereocenters. The summed E-state index contributed by atoms with van der Waals surface area (Å²) in [6.07, 6.45) is -5.60. The highest BCUT2D eigenvalue weighted by molar-refractivity contribution is 6.09. The van der Waals surface area contributed by atoms with Gasteiger partial charge in [-0.1, -0.05) is 137 Å². The molecular formula is C56H48N4O. The van der Waals surface area contributed by atoms with Crippen LogP contribution in [0.2, 0.25) is 0 Å². The topological polar surface area (TPSA) is 75.6 Å². The molecule has 0 saturated carbocycles. The van der Waals surface area contributed by atoms with Crippen LogP contribution in [0.3, 0.4) is 0 Å². The predicted octanol–water partition coefficient (Wildman–Crippen LogP) is 13.5. The van der Waals surface area contributed by atoms with Crippen molar-refractivity contribution < 1.29 is 18.1 Å². The maximum Gasteiger partial charge on any atom is 0.144 e. The number of hydrogen-bond donors (Lipinski definition) is 0. The van der Waals surface area contributed by atoms with Crippen molar-refractivity contribution in [2.45, 2.75) is 64.0 Å². The normalized spacial score (nSPS) is 15.2. The standard InChI is InChI=1S/C56H48N4O/c1-55(2,32-41-22-25-50(58-36-41)43-12-7-5-8-13-43)45-28-39(29-46(31-45)56(3,4)33-42-23-26-51(59-37-42)44-14-9-6-10-15-44)19-18-38-21-27-52(60-35-38)49-17-11-16-48-47-24-20-40(34-57)30-53(47)61-54(48)49/h5-17,20-31,35-37H,18-19,32-33H2,1-4H3/i18D2,19D2,20D,30D,32D2,33D2. The van der Waals surface area contributed by atoms with E-state index in [2.05, 4.69) is 15.0 Å². The molecule has 4 aromatic heterocycles. The molecule has 0 aliphatic rings. The summed E-state index contributed by atoms with van der Waals surface area (Å²) >= 11 is 0. The van der Waals surface area contributed by atoms with Gasteiger partial charge in [0.25, 0.3) is 0 Å². The van der Waals surface area contributed by atoms with Crippen LogP contribution >= 0.6 is 0 Å². The first-order chi connectivity index (χ1) is 33.5. The zero-order valence-electron chi connectivity index (χ0n) is 44.2. The van der Waals surface area contributed by atoms with E-state index in [9.17, 15) is 16.2 Å². The molecule has 0 aliphatic heterocycles. The summed E-state index contributed by atoms with van der Waals surface area (Å²) in [5.41, 5.74) is 2.36. The second-order valence-corrected chi connectivity index (χ2v) is 16.0. The molecule has 4 heterocycles. The Morgan fingerprint density at radius 1 is 0.574 bits per heavy atom. The highest BCUT2D eigenvalue weighted by Crippen LogP contribution is 2.37. The van der Waals surface area contributed by atoms with Crippen molar-refractivity contribution in [3.05, 3.63) is 209 Å². The van der Waals surface area contributed by atoms with Gasteiger partial charge in [-0.05, 0) is 112 Å². The molecule has 0 radical (unpaired) electrons. The van der Waals surface area contributed by atoms with Crippen LogP contribution in [0.4, 0.5) is 0 Å². The Hall–Kier alpha value is -7.16. The molecule has 9 rings (SSSR count). The molecule has 5 aromatic carbocycles. The quantitative estimate of drug-likeness (QED) is 0.123. The summed E-state index contributed by atoms with van der Waals surface area (Å²) in [5.74, 6) is 0. The number of fused-ring (bicyclic) bond motifs is 3. The Morgan fingerprint density at radius 2 is 1.11 bits per heavy atom. The van der Waals surface area contributed by atoms with Gasteiger partial charge < -0.3 is 4.42 Å². The number of rotatable bonds is 12. The second kappa shape index (κ2) is 16.5. The molecule has 61 heavy (non-hydrogen) atoms. The number of aryl methyl sites for hydroxylation is 2. The summed E-state index contributed by atoms with van der Waals surface area (Å²) in [4.78, 5) is 13.8. The second-order valence-electron chi connectivity index (χ2n) is 16.0. The molecule has 9 aromatic rings. The summed E-state index contributed by atoms with van der Waals surface area (Å²) in [6, 6.07) is 42.0. The van der Waals surface area contributed by atoms with Crippen molar-refractivity contribution in [3.63, 3.8) is 0 Å². The van der Waals surface area contributed by atoms with E-state index in [0.717, 1.165) is 11.1 Å². The van der Waals surface area contributed by atoms with Gasteiger partial charge in [0.1, 0.15) is 11.2 Å². The van der Waals surface area contributed by atoms with Crippen LogP contribution in [0.5, 0.6) is 0 Å². The molecule has 5 nitrogen and oxygen atoms in total. The number of para-hydroxylation sites is 1. The zero-order valence-corrected chi connectivity index (χ0v) is 34.2. The molecule has 0 atom stereocenters. The lowest BCUT2D eigenvalue weighted by molar-refractivity contribution is 0.502. The van der Waals surface area contributed by atoms with Crippen LogP contribution < -0.4 is 0 Å². The Balaban J connectivity index is 1.13. The van der Waals surface area contributed by atoms with Gasteiger partial charge in [0.2, 0.25) is 0 Å².